The van der Waals surface area contributed by atoms with E-state index in [2.05, 4.69) is 10.3 Å². The summed E-state index contributed by atoms with van der Waals surface area (Å²) < 4.78 is 13.3. The third kappa shape index (κ3) is 2.48. The molecule has 0 bridgehead atoms. The molecule has 0 aliphatic heterocycles. The van der Waals surface area contributed by atoms with Crippen molar-refractivity contribution in [2.75, 3.05) is 5.32 Å². The summed E-state index contributed by atoms with van der Waals surface area (Å²) in [5, 5.41) is 5.59. The van der Waals surface area contributed by atoms with E-state index in [4.69, 9.17) is 0 Å². The van der Waals surface area contributed by atoms with Crippen LogP contribution in [0, 0.1) is 12.7 Å². The van der Waals surface area contributed by atoms with Crippen LogP contribution in [0.25, 0.3) is 10.8 Å². The van der Waals surface area contributed by atoms with Crippen LogP contribution in [-0.4, -0.2) is 4.98 Å². The van der Waals surface area contributed by atoms with Gasteiger partial charge in [0, 0.05) is 35.4 Å². The Balaban J connectivity index is 1.89. The number of anilines is 1. The molecule has 100 valence electrons. The monoisotopic (exact) mass is 266 g/mol. The molecule has 20 heavy (non-hydrogen) atoms. The molecule has 0 fully saturated rings. The Labute approximate surface area is 117 Å². The minimum atomic E-state index is -0.200. The number of aromatic nitrogens is 1. The zero-order valence-corrected chi connectivity index (χ0v) is 11.2. The van der Waals surface area contributed by atoms with E-state index >= 15 is 0 Å². The van der Waals surface area contributed by atoms with Gasteiger partial charge in [-0.1, -0.05) is 18.2 Å². The number of nitrogens with one attached hydrogen (secondary N) is 1. The Morgan fingerprint density at radius 1 is 1.15 bits per heavy atom. The topological polar surface area (TPSA) is 24.9 Å². The van der Waals surface area contributed by atoms with E-state index in [0.29, 0.717) is 6.54 Å². The van der Waals surface area contributed by atoms with Crippen molar-refractivity contribution >= 4 is 16.5 Å². The fourth-order valence-corrected chi connectivity index (χ4v) is 2.30. The maximum Gasteiger partial charge on any atom is 0.123 e. The van der Waals surface area contributed by atoms with E-state index in [1.807, 2.05) is 37.4 Å². The number of rotatable bonds is 3. The van der Waals surface area contributed by atoms with E-state index in [-0.39, 0.29) is 5.82 Å². The molecule has 1 aromatic heterocycles. The third-order valence-corrected chi connectivity index (χ3v) is 3.46. The second-order valence-corrected chi connectivity index (χ2v) is 4.83. The lowest BCUT2D eigenvalue weighted by atomic mass is 10.1. The molecule has 1 heterocycles. The summed E-state index contributed by atoms with van der Waals surface area (Å²) in [6, 6.07) is 12.9. The van der Waals surface area contributed by atoms with Gasteiger partial charge in [0.15, 0.2) is 0 Å². The van der Waals surface area contributed by atoms with Gasteiger partial charge >= 0.3 is 0 Å². The third-order valence-electron chi connectivity index (χ3n) is 3.46. The summed E-state index contributed by atoms with van der Waals surface area (Å²) in [5.74, 6) is -0.200. The SMILES string of the molecule is Cc1ccc(F)cc1CNc1cccc2cnccc12. The Morgan fingerprint density at radius 2 is 2.05 bits per heavy atom. The zero-order valence-electron chi connectivity index (χ0n) is 11.2. The predicted molar refractivity (Wildman–Crippen MR) is 80.2 cm³/mol. The molecule has 2 nitrogen and oxygen atoms in total. The summed E-state index contributed by atoms with van der Waals surface area (Å²) in [6.07, 6.45) is 3.62. The van der Waals surface area contributed by atoms with Crippen LogP contribution in [-0.2, 0) is 6.54 Å². The first-order chi connectivity index (χ1) is 9.74. The first-order valence-corrected chi connectivity index (χ1v) is 6.56. The Hall–Kier alpha value is -2.42. The van der Waals surface area contributed by atoms with Crippen molar-refractivity contribution < 1.29 is 4.39 Å². The number of benzene rings is 2. The van der Waals surface area contributed by atoms with Crippen molar-refractivity contribution in [1.82, 2.24) is 4.98 Å². The largest absolute Gasteiger partial charge is 0.380 e. The van der Waals surface area contributed by atoms with Crippen LogP contribution in [0.15, 0.2) is 54.9 Å². The second kappa shape index (κ2) is 5.29. The molecule has 3 rings (SSSR count). The van der Waals surface area contributed by atoms with Gasteiger partial charge in [0.05, 0.1) is 0 Å². The average Bonchev–Trinajstić information content (AvgIpc) is 2.48. The minimum Gasteiger partial charge on any atom is -0.380 e. The lowest BCUT2D eigenvalue weighted by Gasteiger charge is -2.11. The molecule has 0 radical (unpaired) electrons. The highest BCUT2D eigenvalue weighted by molar-refractivity contribution is 5.93. The van der Waals surface area contributed by atoms with Gasteiger partial charge in [-0.3, -0.25) is 4.98 Å². The number of nitrogens with zero attached hydrogens (tertiary/aromatic N) is 1. The average molecular weight is 266 g/mol. The molecule has 0 atom stereocenters. The maximum atomic E-state index is 13.3. The number of hydrogen-bond donors (Lipinski definition) is 1. The lowest BCUT2D eigenvalue weighted by Crippen LogP contribution is -2.02. The summed E-state index contributed by atoms with van der Waals surface area (Å²) in [4.78, 5) is 4.12. The van der Waals surface area contributed by atoms with Crippen molar-refractivity contribution in [3.05, 3.63) is 71.8 Å². The number of halogens is 1. The molecular formula is C17H15FN2. The highest BCUT2D eigenvalue weighted by atomic mass is 19.1. The number of hydrogen-bond acceptors (Lipinski definition) is 2. The Bertz CT molecular complexity index is 748. The van der Waals surface area contributed by atoms with Gasteiger partial charge in [-0.15, -0.1) is 0 Å². The van der Waals surface area contributed by atoms with E-state index in [1.165, 1.54) is 6.07 Å². The first-order valence-electron chi connectivity index (χ1n) is 6.56. The minimum absolute atomic E-state index is 0.200. The highest BCUT2D eigenvalue weighted by Crippen LogP contribution is 2.23. The van der Waals surface area contributed by atoms with Crippen LogP contribution >= 0.6 is 0 Å². The summed E-state index contributed by atoms with van der Waals surface area (Å²) >= 11 is 0. The number of aryl methyl sites for hydroxylation is 1. The molecule has 0 unspecified atom stereocenters. The van der Waals surface area contributed by atoms with Gasteiger partial charge in [-0.2, -0.15) is 0 Å². The van der Waals surface area contributed by atoms with Gasteiger partial charge in [-0.05, 0) is 42.3 Å². The van der Waals surface area contributed by atoms with E-state index in [0.717, 1.165) is 27.6 Å². The van der Waals surface area contributed by atoms with Crippen molar-refractivity contribution in [2.45, 2.75) is 13.5 Å². The van der Waals surface area contributed by atoms with Crippen LogP contribution in [0.1, 0.15) is 11.1 Å². The molecule has 0 aliphatic carbocycles. The normalized spacial score (nSPS) is 10.7. The molecule has 0 saturated carbocycles. The molecule has 0 saturated heterocycles. The molecule has 0 aliphatic rings. The van der Waals surface area contributed by atoms with Crippen LogP contribution < -0.4 is 5.32 Å². The predicted octanol–water partition coefficient (Wildman–Crippen LogP) is 4.29. The molecule has 0 spiro atoms. The molecule has 3 heteroatoms. The van der Waals surface area contributed by atoms with Gasteiger partial charge < -0.3 is 5.32 Å². The molecule has 1 N–H and O–H groups in total. The van der Waals surface area contributed by atoms with Gasteiger partial charge in [0.1, 0.15) is 5.82 Å². The Kier molecular flexibility index (Phi) is 3.33. The van der Waals surface area contributed by atoms with E-state index in [1.54, 1.807) is 18.3 Å². The fraction of sp³-hybridized carbons (Fsp3) is 0.118. The fourth-order valence-electron chi connectivity index (χ4n) is 2.30. The second-order valence-electron chi connectivity index (χ2n) is 4.83. The van der Waals surface area contributed by atoms with Crippen molar-refractivity contribution in [3.63, 3.8) is 0 Å². The quantitative estimate of drug-likeness (QED) is 0.764. The summed E-state index contributed by atoms with van der Waals surface area (Å²) in [6.45, 7) is 2.59. The van der Waals surface area contributed by atoms with E-state index in [9.17, 15) is 4.39 Å². The number of pyridine rings is 1. The maximum absolute atomic E-state index is 13.3. The van der Waals surface area contributed by atoms with Crippen LogP contribution in [0.3, 0.4) is 0 Å². The van der Waals surface area contributed by atoms with E-state index < -0.39 is 0 Å². The zero-order chi connectivity index (χ0) is 13.9. The summed E-state index contributed by atoms with van der Waals surface area (Å²) in [7, 11) is 0. The lowest BCUT2D eigenvalue weighted by molar-refractivity contribution is 0.625. The van der Waals surface area contributed by atoms with Crippen LogP contribution in [0.5, 0.6) is 0 Å². The highest BCUT2D eigenvalue weighted by Gasteiger charge is 2.03. The van der Waals surface area contributed by atoms with Crippen LogP contribution in [0.2, 0.25) is 0 Å². The standard InChI is InChI=1S/C17H15FN2/c1-12-5-6-15(18)9-14(12)11-20-17-4-2-3-13-10-19-8-7-16(13)17/h2-10,20H,11H2,1H3. The van der Waals surface area contributed by atoms with Crippen LogP contribution in [0.4, 0.5) is 10.1 Å². The first kappa shape index (κ1) is 12.6. The molecular weight excluding hydrogens is 251 g/mol. The Morgan fingerprint density at radius 3 is 2.95 bits per heavy atom. The molecule has 2 aromatic carbocycles. The van der Waals surface area contributed by atoms with Gasteiger partial charge in [0.25, 0.3) is 0 Å². The van der Waals surface area contributed by atoms with Crippen molar-refractivity contribution in [3.8, 4) is 0 Å². The van der Waals surface area contributed by atoms with Gasteiger partial charge in [0.2, 0.25) is 0 Å². The molecule has 0 amide bonds. The van der Waals surface area contributed by atoms with Crippen molar-refractivity contribution in [2.24, 2.45) is 0 Å². The molecule has 3 aromatic rings. The summed E-state index contributed by atoms with van der Waals surface area (Å²) in [5.41, 5.74) is 3.09. The van der Waals surface area contributed by atoms with Gasteiger partial charge in [-0.25, -0.2) is 4.39 Å². The smallest absolute Gasteiger partial charge is 0.123 e. The number of fused-ring (bicyclic) bond motifs is 1. The van der Waals surface area contributed by atoms with Crippen molar-refractivity contribution in [1.29, 1.82) is 0 Å².